The molecule has 18 heavy (non-hydrogen) atoms. The second-order valence-electron chi connectivity index (χ2n) is 5.80. The summed E-state index contributed by atoms with van der Waals surface area (Å²) in [6.45, 7) is 5.93. The van der Waals surface area contributed by atoms with Gasteiger partial charge in [0.2, 0.25) is 5.91 Å². The van der Waals surface area contributed by atoms with E-state index < -0.39 is 0 Å². The van der Waals surface area contributed by atoms with Crippen molar-refractivity contribution in [1.29, 1.82) is 0 Å². The highest BCUT2D eigenvalue weighted by Crippen LogP contribution is 2.18. The Bertz CT molecular complexity index is 256. The third-order valence-corrected chi connectivity index (χ3v) is 4.30. The standard InChI is InChI=1S/C14H27N3O/c1-16-10-5-13(6-11-16)4-7-15-12-14(18)17-8-2-3-9-17/h13,15H,2-12H2,1H3. The number of amides is 1. The fourth-order valence-electron chi connectivity index (χ4n) is 2.93. The van der Waals surface area contributed by atoms with E-state index in [0.717, 1.165) is 25.6 Å². The quantitative estimate of drug-likeness (QED) is 0.740. The Morgan fingerprint density at radius 1 is 1.17 bits per heavy atom. The van der Waals surface area contributed by atoms with Crippen molar-refractivity contribution in [2.75, 3.05) is 46.3 Å². The molecule has 1 N–H and O–H groups in total. The first-order valence-corrected chi connectivity index (χ1v) is 7.43. The number of carbonyl (C=O) groups excluding carboxylic acids is 1. The lowest BCUT2D eigenvalue weighted by molar-refractivity contribution is -0.129. The average Bonchev–Trinajstić information content (AvgIpc) is 2.90. The highest BCUT2D eigenvalue weighted by Gasteiger charge is 2.18. The van der Waals surface area contributed by atoms with Crippen molar-refractivity contribution >= 4 is 5.91 Å². The van der Waals surface area contributed by atoms with Crippen LogP contribution in [0.25, 0.3) is 0 Å². The van der Waals surface area contributed by atoms with Gasteiger partial charge < -0.3 is 15.1 Å². The van der Waals surface area contributed by atoms with E-state index in [4.69, 9.17) is 0 Å². The van der Waals surface area contributed by atoms with Crippen LogP contribution in [0.3, 0.4) is 0 Å². The maximum Gasteiger partial charge on any atom is 0.236 e. The molecule has 2 heterocycles. The van der Waals surface area contributed by atoms with Crippen LogP contribution in [-0.4, -0.2) is 62.0 Å². The molecule has 2 saturated heterocycles. The Balaban J connectivity index is 1.51. The van der Waals surface area contributed by atoms with E-state index in [0.29, 0.717) is 6.54 Å². The number of carbonyl (C=O) groups is 1. The van der Waals surface area contributed by atoms with Crippen LogP contribution in [0.15, 0.2) is 0 Å². The second kappa shape index (κ2) is 7.10. The zero-order chi connectivity index (χ0) is 12.8. The Morgan fingerprint density at radius 3 is 2.50 bits per heavy atom. The second-order valence-corrected chi connectivity index (χ2v) is 5.80. The fourth-order valence-corrected chi connectivity index (χ4v) is 2.93. The number of rotatable bonds is 5. The molecule has 104 valence electrons. The van der Waals surface area contributed by atoms with Crippen LogP contribution >= 0.6 is 0 Å². The third-order valence-electron chi connectivity index (χ3n) is 4.30. The number of nitrogens with one attached hydrogen (secondary N) is 1. The van der Waals surface area contributed by atoms with Gasteiger partial charge in [-0.2, -0.15) is 0 Å². The van der Waals surface area contributed by atoms with E-state index in [1.54, 1.807) is 0 Å². The van der Waals surface area contributed by atoms with Crippen molar-refractivity contribution in [3.8, 4) is 0 Å². The van der Waals surface area contributed by atoms with Gasteiger partial charge >= 0.3 is 0 Å². The van der Waals surface area contributed by atoms with E-state index in [2.05, 4.69) is 17.3 Å². The molecule has 0 aliphatic carbocycles. The van der Waals surface area contributed by atoms with Gasteiger partial charge in [0.05, 0.1) is 6.54 Å². The monoisotopic (exact) mass is 253 g/mol. The Kier molecular flexibility index (Phi) is 5.45. The predicted octanol–water partition coefficient (Wildman–Crippen LogP) is 0.930. The van der Waals surface area contributed by atoms with Gasteiger partial charge in [0, 0.05) is 13.1 Å². The molecular weight excluding hydrogens is 226 g/mol. The summed E-state index contributed by atoms with van der Waals surface area (Å²) in [7, 11) is 2.20. The summed E-state index contributed by atoms with van der Waals surface area (Å²) < 4.78 is 0. The van der Waals surface area contributed by atoms with Gasteiger partial charge in [0.1, 0.15) is 0 Å². The largest absolute Gasteiger partial charge is 0.342 e. The summed E-state index contributed by atoms with van der Waals surface area (Å²) in [5.41, 5.74) is 0. The summed E-state index contributed by atoms with van der Waals surface area (Å²) in [5.74, 6) is 1.14. The molecule has 0 aromatic carbocycles. The topological polar surface area (TPSA) is 35.6 Å². The Labute approximate surface area is 111 Å². The van der Waals surface area contributed by atoms with Gasteiger partial charge in [-0.15, -0.1) is 0 Å². The van der Waals surface area contributed by atoms with Gasteiger partial charge in [-0.3, -0.25) is 4.79 Å². The maximum absolute atomic E-state index is 11.8. The SMILES string of the molecule is CN1CCC(CCNCC(=O)N2CCCC2)CC1. The van der Waals surface area contributed by atoms with Crippen molar-refractivity contribution in [2.24, 2.45) is 5.92 Å². The van der Waals surface area contributed by atoms with Crippen LogP contribution in [0.4, 0.5) is 0 Å². The summed E-state index contributed by atoms with van der Waals surface area (Å²) >= 11 is 0. The van der Waals surface area contributed by atoms with E-state index in [1.165, 1.54) is 45.2 Å². The number of nitrogens with zero attached hydrogens (tertiary/aromatic N) is 2. The fraction of sp³-hybridized carbons (Fsp3) is 0.929. The number of hydrogen-bond acceptors (Lipinski definition) is 3. The van der Waals surface area contributed by atoms with Crippen LogP contribution in [0.5, 0.6) is 0 Å². The number of hydrogen-bond donors (Lipinski definition) is 1. The summed E-state index contributed by atoms with van der Waals surface area (Å²) in [6.07, 6.45) is 6.22. The van der Waals surface area contributed by atoms with Crippen molar-refractivity contribution in [3.63, 3.8) is 0 Å². The molecule has 0 spiro atoms. The van der Waals surface area contributed by atoms with Crippen LogP contribution in [0.1, 0.15) is 32.1 Å². The van der Waals surface area contributed by atoms with Crippen LogP contribution < -0.4 is 5.32 Å². The van der Waals surface area contributed by atoms with Crippen LogP contribution in [-0.2, 0) is 4.79 Å². The molecule has 1 amide bonds. The van der Waals surface area contributed by atoms with Crippen molar-refractivity contribution in [1.82, 2.24) is 15.1 Å². The minimum atomic E-state index is 0.288. The molecule has 0 aromatic heterocycles. The number of likely N-dealkylation sites (tertiary alicyclic amines) is 2. The number of piperidine rings is 1. The highest BCUT2D eigenvalue weighted by molar-refractivity contribution is 5.78. The molecular formula is C14H27N3O. The minimum absolute atomic E-state index is 0.288. The van der Waals surface area contributed by atoms with Crippen molar-refractivity contribution < 1.29 is 4.79 Å². The molecule has 0 radical (unpaired) electrons. The predicted molar refractivity (Wildman–Crippen MR) is 73.5 cm³/mol. The third kappa shape index (κ3) is 4.25. The zero-order valence-electron chi connectivity index (χ0n) is 11.7. The van der Waals surface area contributed by atoms with Crippen LogP contribution in [0, 0.1) is 5.92 Å². The summed E-state index contributed by atoms with van der Waals surface area (Å²) in [5, 5.41) is 3.32. The van der Waals surface area contributed by atoms with E-state index in [1.807, 2.05) is 4.90 Å². The molecule has 0 saturated carbocycles. The summed E-state index contributed by atoms with van der Waals surface area (Å²) in [6, 6.07) is 0. The molecule has 2 rings (SSSR count). The molecule has 0 unspecified atom stereocenters. The molecule has 0 aromatic rings. The van der Waals surface area contributed by atoms with Gasteiger partial charge in [-0.05, 0) is 64.7 Å². The zero-order valence-corrected chi connectivity index (χ0v) is 11.7. The van der Waals surface area contributed by atoms with Gasteiger partial charge in [-0.1, -0.05) is 0 Å². The first kappa shape index (κ1) is 13.8. The molecule has 0 bridgehead atoms. The normalized spacial score (nSPS) is 22.6. The van der Waals surface area contributed by atoms with Crippen molar-refractivity contribution in [2.45, 2.75) is 32.1 Å². The van der Waals surface area contributed by atoms with Crippen LogP contribution in [0.2, 0.25) is 0 Å². The van der Waals surface area contributed by atoms with E-state index in [9.17, 15) is 4.79 Å². The summed E-state index contributed by atoms with van der Waals surface area (Å²) in [4.78, 5) is 16.2. The first-order valence-electron chi connectivity index (χ1n) is 7.43. The molecule has 0 atom stereocenters. The minimum Gasteiger partial charge on any atom is -0.342 e. The molecule has 2 aliphatic rings. The lowest BCUT2D eigenvalue weighted by atomic mass is 9.94. The maximum atomic E-state index is 11.8. The Hall–Kier alpha value is -0.610. The smallest absolute Gasteiger partial charge is 0.236 e. The van der Waals surface area contributed by atoms with Crippen molar-refractivity contribution in [3.05, 3.63) is 0 Å². The Morgan fingerprint density at radius 2 is 1.83 bits per heavy atom. The lowest BCUT2D eigenvalue weighted by Crippen LogP contribution is -2.37. The first-order chi connectivity index (χ1) is 8.75. The van der Waals surface area contributed by atoms with Gasteiger partial charge in [0.15, 0.2) is 0 Å². The highest BCUT2D eigenvalue weighted by atomic mass is 16.2. The van der Waals surface area contributed by atoms with E-state index >= 15 is 0 Å². The van der Waals surface area contributed by atoms with Gasteiger partial charge in [-0.25, -0.2) is 0 Å². The molecule has 4 nitrogen and oxygen atoms in total. The van der Waals surface area contributed by atoms with E-state index in [-0.39, 0.29) is 5.91 Å². The average molecular weight is 253 g/mol. The van der Waals surface area contributed by atoms with Gasteiger partial charge in [0.25, 0.3) is 0 Å². The molecule has 2 aliphatic heterocycles. The molecule has 4 heteroatoms. The lowest BCUT2D eigenvalue weighted by Gasteiger charge is -2.28. The molecule has 2 fully saturated rings.